The molecule has 0 aliphatic rings. The molecule has 2 unspecified atom stereocenters. The van der Waals surface area contributed by atoms with Crippen LogP contribution >= 0.6 is 0 Å². The van der Waals surface area contributed by atoms with Crippen molar-refractivity contribution >= 4 is 12.0 Å². The number of nitrogens with one attached hydrogen (secondary N) is 4. The van der Waals surface area contributed by atoms with E-state index in [2.05, 4.69) is 27.8 Å². The summed E-state index contributed by atoms with van der Waals surface area (Å²) < 4.78 is 16.6. The zero-order chi connectivity index (χ0) is 27.7. The van der Waals surface area contributed by atoms with Gasteiger partial charge in [0, 0.05) is 38.2 Å². The molecule has 0 saturated carbocycles. The molecule has 2 atom stereocenters. The molecule has 0 aromatic heterocycles. The number of ether oxygens (including phenoxy) is 3. The summed E-state index contributed by atoms with van der Waals surface area (Å²) in [6.07, 6.45) is -1.55. The number of carbonyl (C=O) groups excluding carboxylic acids is 2. The summed E-state index contributed by atoms with van der Waals surface area (Å²) in [6.45, 7) is 20.5. The fraction of sp³-hybridized carbons (Fsp3) is 0.833. The Hall–Kier alpha value is -1.92. The Morgan fingerprint density at radius 1 is 0.943 bits per heavy atom. The maximum absolute atomic E-state index is 11.9. The first kappa shape index (κ1) is 37.6. The number of hydrogen-bond donors (Lipinski definition) is 6. The Kier molecular flexibility index (Phi) is 27.1. The van der Waals surface area contributed by atoms with E-state index in [4.69, 9.17) is 19.3 Å². The summed E-state index contributed by atoms with van der Waals surface area (Å²) >= 11 is 0. The molecule has 0 spiro atoms. The van der Waals surface area contributed by atoms with Crippen LogP contribution in [0.5, 0.6) is 0 Å². The van der Waals surface area contributed by atoms with Crippen molar-refractivity contribution in [3.63, 3.8) is 0 Å². The Labute approximate surface area is 212 Å². The van der Waals surface area contributed by atoms with E-state index >= 15 is 0 Å². The maximum Gasteiger partial charge on any atom is 0.407 e. The van der Waals surface area contributed by atoms with Crippen molar-refractivity contribution in [1.29, 1.82) is 0 Å². The zero-order valence-corrected chi connectivity index (χ0v) is 23.2. The summed E-state index contributed by atoms with van der Waals surface area (Å²) in [7, 11) is 0. The van der Waals surface area contributed by atoms with Crippen LogP contribution in [0, 0.1) is 0 Å². The van der Waals surface area contributed by atoms with Gasteiger partial charge in [-0.25, -0.2) is 4.79 Å². The van der Waals surface area contributed by atoms with Crippen LogP contribution in [-0.4, -0.2) is 86.3 Å². The minimum atomic E-state index is -0.848. The molecule has 0 aromatic rings. The van der Waals surface area contributed by atoms with Gasteiger partial charge in [-0.2, -0.15) is 0 Å². The van der Waals surface area contributed by atoms with Gasteiger partial charge in [-0.1, -0.05) is 41.2 Å². The predicted molar refractivity (Wildman–Crippen MR) is 139 cm³/mol. The van der Waals surface area contributed by atoms with E-state index in [0.29, 0.717) is 38.3 Å². The van der Waals surface area contributed by atoms with Crippen LogP contribution in [0.2, 0.25) is 0 Å². The molecule has 0 bridgehead atoms. The molecule has 0 rings (SSSR count). The number of amides is 2. The average molecular weight is 509 g/mol. The summed E-state index contributed by atoms with van der Waals surface area (Å²) in [5, 5.41) is 29.3. The fourth-order valence-corrected chi connectivity index (χ4v) is 2.29. The molecule has 210 valence electrons. The normalized spacial score (nSPS) is 12.1. The Morgan fingerprint density at radius 3 is 2.06 bits per heavy atom. The molecule has 0 heterocycles. The summed E-state index contributed by atoms with van der Waals surface area (Å²) in [4.78, 5) is 23.2. The third-order valence-electron chi connectivity index (χ3n) is 3.61. The molecule has 0 aromatic carbocycles. The third kappa shape index (κ3) is 26.5. The largest absolute Gasteiger partial charge is 0.444 e. The molecule has 0 fully saturated rings. The van der Waals surface area contributed by atoms with Crippen molar-refractivity contribution in [2.45, 2.75) is 86.4 Å². The van der Waals surface area contributed by atoms with E-state index in [-0.39, 0.29) is 32.1 Å². The average Bonchev–Trinajstić information content (AvgIpc) is 2.81. The Bertz CT molecular complexity index is 528. The molecule has 6 N–H and O–H groups in total. The number of hydrogen-bond acceptors (Lipinski definition) is 9. The number of likely N-dealkylation sites (N-methyl/N-ethyl adjacent to an activating group) is 1. The lowest BCUT2D eigenvalue weighted by molar-refractivity contribution is -0.237. The zero-order valence-electron chi connectivity index (χ0n) is 23.2. The van der Waals surface area contributed by atoms with Crippen LogP contribution < -0.4 is 21.3 Å². The lowest BCUT2D eigenvalue weighted by Crippen LogP contribution is -2.43. The summed E-state index contributed by atoms with van der Waals surface area (Å²) in [5.41, 5.74) is 0.169. The highest BCUT2D eigenvalue weighted by Gasteiger charge is 2.24. The second-order valence-electron chi connectivity index (χ2n) is 7.65. The number of rotatable bonds is 17. The van der Waals surface area contributed by atoms with Crippen molar-refractivity contribution in [1.82, 2.24) is 21.3 Å². The molecule has 0 radical (unpaired) electrons. The van der Waals surface area contributed by atoms with E-state index < -0.39 is 24.2 Å². The van der Waals surface area contributed by atoms with E-state index in [1.54, 1.807) is 0 Å². The highest BCUT2D eigenvalue weighted by molar-refractivity contribution is 5.75. The molecule has 2 amide bonds. The van der Waals surface area contributed by atoms with Crippen LogP contribution in [0.1, 0.15) is 68.2 Å². The van der Waals surface area contributed by atoms with Gasteiger partial charge < -0.3 is 40.4 Å². The van der Waals surface area contributed by atoms with Gasteiger partial charge in [-0.15, -0.1) is 0 Å². The van der Waals surface area contributed by atoms with Crippen molar-refractivity contribution in [2.75, 3.05) is 46.0 Å². The molecule has 11 heteroatoms. The Balaban J connectivity index is -0.00000242. The van der Waals surface area contributed by atoms with Crippen LogP contribution in [0.25, 0.3) is 0 Å². The van der Waals surface area contributed by atoms with E-state index in [0.717, 1.165) is 0 Å². The number of alkyl carbamates (subject to hydrolysis) is 1. The van der Waals surface area contributed by atoms with Crippen LogP contribution in [0.3, 0.4) is 0 Å². The first-order valence-corrected chi connectivity index (χ1v) is 12.5. The second-order valence-corrected chi connectivity index (χ2v) is 7.65. The highest BCUT2D eigenvalue weighted by Crippen LogP contribution is 2.13. The van der Waals surface area contributed by atoms with Crippen molar-refractivity contribution < 1.29 is 34.0 Å². The van der Waals surface area contributed by atoms with Crippen molar-refractivity contribution in [2.24, 2.45) is 0 Å². The predicted octanol–water partition coefficient (Wildman–Crippen LogP) is 1.84. The first-order valence-electron chi connectivity index (χ1n) is 12.5. The first-order chi connectivity index (χ1) is 16.6. The highest BCUT2D eigenvalue weighted by atomic mass is 16.7. The standard InChI is InChI=1S/C20H40N4O7.2C2H6/c1-6-21-17(13-26)30-18(31-20(3,4)5)14-29-19(28)24-9-7-15(2)22-10-11-23-16(27)8-12-25;2*1-2/h17-18,21-22,25-26H,2,6-14H2,1,3-5H3,(H,23,27)(H,24,28);2*1-2H3. The lowest BCUT2D eigenvalue weighted by Gasteiger charge is -2.30. The minimum absolute atomic E-state index is 0.0788. The van der Waals surface area contributed by atoms with Crippen molar-refractivity contribution in [3.05, 3.63) is 12.3 Å². The molecule has 0 aliphatic heterocycles. The van der Waals surface area contributed by atoms with Gasteiger partial charge >= 0.3 is 6.09 Å². The number of aliphatic hydroxyl groups is 2. The van der Waals surface area contributed by atoms with Gasteiger partial charge in [0.05, 0.1) is 18.8 Å². The SMILES string of the molecule is C=C(CCNC(=O)OCC(OC(CO)NCC)OC(C)(C)C)NCCNC(=O)CCO.CC.CC. The second kappa shape index (κ2) is 25.2. The molecule has 0 aliphatic carbocycles. The monoisotopic (exact) mass is 508 g/mol. The molecule has 35 heavy (non-hydrogen) atoms. The third-order valence-corrected chi connectivity index (χ3v) is 3.61. The fourth-order valence-electron chi connectivity index (χ4n) is 2.29. The van der Waals surface area contributed by atoms with E-state index in [9.17, 15) is 14.7 Å². The van der Waals surface area contributed by atoms with E-state index in [1.807, 2.05) is 55.4 Å². The van der Waals surface area contributed by atoms with Gasteiger partial charge in [0.15, 0.2) is 6.29 Å². The topological polar surface area (TPSA) is 150 Å². The van der Waals surface area contributed by atoms with Crippen molar-refractivity contribution in [3.8, 4) is 0 Å². The molecule has 0 saturated heterocycles. The maximum atomic E-state index is 11.9. The minimum Gasteiger partial charge on any atom is -0.444 e. The molecule has 11 nitrogen and oxygen atoms in total. The summed E-state index contributed by atoms with van der Waals surface area (Å²) in [5.74, 6) is -0.215. The van der Waals surface area contributed by atoms with E-state index in [1.165, 1.54) is 0 Å². The summed E-state index contributed by atoms with van der Waals surface area (Å²) in [6, 6.07) is 0. The van der Waals surface area contributed by atoms with Gasteiger partial charge in [-0.3, -0.25) is 10.1 Å². The number of aliphatic hydroxyl groups excluding tert-OH is 2. The number of carbonyl (C=O) groups is 2. The van der Waals surface area contributed by atoms with Gasteiger partial charge in [0.25, 0.3) is 0 Å². The van der Waals surface area contributed by atoms with Crippen LogP contribution in [0.4, 0.5) is 4.79 Å². The van der Waals surface area contributed by atoms with Gasteiger partial charge in [0.2, 0.25) is 5.91 Å². The lowest BCUT2D eigenvalue weighted by atomic mass is 10.2. The Morgan fingerprint density at radius 2 is 1.54 bits per heavy atom. The quantitative estimate of drug-likeness (QED) is 0.128. The molecular weight excluding hydrogens is 456 g/mol. The van der Waals surface area contributed by atoms with Crippen LogP contribution in [0.15, 0.2) is 12.3 Å². The molecular formula is C24H52N4O7. The van der Waals surface area contributed by atoms with Gasteiger partial charge in [0.1, 0.15) is 12.8 Å². The van der Waals surface area contributed by atoms with Gasteiger partial charge in [-0.05, 0) is 27.3 Å². The van der Waals surface area contributed by atoms with Crippen LogP contribution in [-0.2, 0) is 19.0 Å². The smallest absolute Gasteiger partial charge is 0.407 e.